The molecule has 2 aromatic carbocycles. The van der Waals surface area contributed by atoms with E-state index in [0.717, 1.165) is 24.7 Å². The summed E-state index contributed by atoms with van der Waals surface area (Å²) in [4.78, 5) is 0. The summed E-state index contributed by atoms with van der Waals surface area (Å²) in [5, 5.41) is 12.9. The smallest absolute Gasteiger partial charge is 0.160 e. The van der Waals surface area contributed by atoms with Crippen LogP contribution in [0.3, 0.4) is 0 Å². The molecule has 2 rings (SSSR count). The lowest BCUT2D eigenvalue weighted by molar-refractivity contribution is 0.373. The molecule has 0 spiro atoms. The quantitative estimate of drug-likeness (QED) is 0.643. The Hall–Kier alpha value is -0.720. The van der Waals surface area contributed by atoms with Crippen LogP contribution in [0.2, 0.25) is 0 Å². The van der Waals surface area contributed by atoms with Crippen molar-refractivity contribution in [3.05, 3.63) is 49.3 Å². The number of ether oxygens (including phenoxy) is 1. The van der Waals surface area contributed by atoms with Crippen LogP contribution in [0.4, 0.5) is 5.69 Å². The van der Waals surface area contributed by atoms with Crippen molar-refractivity contribution in [2.24, 2.45) is 0 Å². The van der Waals surface area contributed by atoms with E-state index in [-0.39, 0.29) is 5.75 Å². The zero-order valence-corrected chi connectivity index (χ0v) is 15.3. The highest BCUT2D eigenvalue weighted by molar-refractivity contribution is 9.11. The molecule has 0 aliphatic heterocycles. The van der Waals surface area contributed by atoms with E-state index in [1.54, 1.807) is 6.07 Å². The molecule has 0 aliphatic carbocycles. The van der Waals surface area contributed by atoms with Crippen molar-refractivity contribution >= 4 is 53.5 Å². The minimum Gasteiger partial charge on any atom is -0.504 e. The number of phenols is 1. The highest BCUT2D eigenvalue weighted by Crippen LogP contribution is 2.35. The van der Waals surface area contributed by atoms with Crippen molar-refractivity contribution in [3.8, 4) is 11.5 Å². The molecule has 6 heteroatoms. The molecule has 0 radical (unpaired) electrons. The van der Waals surface area contributed by atoms with E-state index in [9.17, 15) is 5.11 Å². The van der Waals surface area contributed by atoms with Crippen molar-refractivity contribution in [2.75, 3.05) is 12.4 Å². The van der Waals surface area contributed by atoms with Crippen LogP contribution in [0.5, 0.6) is 11.5 Å². The van der Waals surface area contributed by atoms with Crippen LogP contribution < -0.4 is 10.1 Å². The first-order chi connectivity index (χ1) is 9.51. The molecule has 0 bridgehead atoms. The van der Waals surface area contributed by atoms with Gasteiger partial charge in [-0.3, -0.25) is 0 Å². The van der Waals surface area contributed by atoms with E-state index >= 15 is 0 Å². The van der Waals surface area contributed by atoms with Crippen molar-refractivity contribution in [2.45, 2.75) is 6.54 Å². The monoisotopic (exact) mass is 463 g/mol. The fourth-order valence-corrected chi connectivity index (χ4v) is 4.27. The molecule has 2 N–H and O–H groups in total. The molecule has 0 saturated heterocycles. The standard InChI is InChI=1S/C14H12Br3NO2/c1-20-13-4-8(2-3-12(13)19)7-18-14-10(16)5-9(15)6-11(14)17/h2-6,18-19H,7H2,1H3. The van der Waals surface area contributed by atoms with Crippen LogP contribution in [0, 0.1) is 0 Å². The molecule has 0 aliphatic rings. The topological polar surface area (TPSA) is 41.5 Å². The molecule has 0 unspecified atom stereocenters. The Morgan fingerprint density at radius 1 is 1.10 bits per heavy atom. The summed E-state index contributed by atoms with van der Waals surface area (Å²) in [5.41, 5.74) is 1.99. The van der Waals surface area contributed by atoms with Gasteiger partial charge in [-0.05, 0) is 61.7 Å². The average Bonchev–Trinajstić information content (AvgIpc) is 2.39. The van der Waals surface area contributed by atoms with Crippen LogP contribution in [-0.4, -0.2) is 12.2 Å². The lowest BCUT2D eigenvalue weighted by Crippen LogP contribution is -2.01. The number of hydrogen-bond acceptors (Lipinski definition) is 3. The fourth-order valence-electron chi connectivity index (χ4n) is 1.73. The molecule has 20 heavy (non-hydrogen) atoms. The predicted molar refractivity (Wildman–Crippen MR) is 91.5 cm³/mol. The summed E-state index contributed by atoms with van der Waals surface area (Å²) < 4.78 is 8.02. The number of methoxy groups -OCH3 is 1. The molecule has 0 saturated carbocycles. The SMILES string of the molecule is COc1cc(CNc2c(Br)cc(Br)cc2Br)ccc1O. The van der Waals surface area contributed by atoms with Gasteiger partial charge in [-0.25, -0.2) is 0 Å². The van der Waals surface area contributed by atoms with Crippen LogP contribution in [0.1, 0.15) is 5.56 Å². The largest absolute Gasteiger partial charge is 0.504 e. The minimum absolute atomic E-state index is 0.141. The maximum atomic E-state index is 9.57. The third-order valence-electron chi connectivity index (χ3n) is 2.72. The Bertz CT molecular complexity index is 609. The summed E-state index contributed by atoms with van der Waals surface area (Å²) in [6.07, 6.45) is 0. The van der Waals surface area contributed by atoms with Crippen molar-refractivity contribution in [3.63, 3.8) is 0 Å². The number of hydrogen-bond donors (Lipinski definition) is 2. The fraction of sp³-hybridized carbons (Fsp3) is 0.143. The van der Waals surface area contributed by atoms with Gasteiger partial charge in [0.1, 0.15) is 0 Å². The number of phenolic OH excluding ortho intramolecular Hbond substituents is 1. The van der Waals surface area contributed by atoms with Crippen molar-refractivity contribution in [1.82, 2.24) is 0 Å². The maximum absolute atomic E-state index is 9.57. The molecule has 0 heterocycles. The van der Waals surface area contributed by atoms with Gasteiger partial charge in [-0.2, -0.15) is 0 Å². The highest BCUT2D eigenvalue weighted by Gasteiger charge is 2.08. The van der Waals surface area contributed by atoms with Crippen molar-refractivity contribution < 1.29 is 9.84 Å². The average molecular weight is 466 g/mol. The Labute approximate surface area is 142 Å². The van der Waals surface area contributed by atoms with E-state index < -0.39 is 0 Å². The van der Waals surface area contributed by atoms with Gasteiger partial charge in [0, 0.05) is 20.0 Å². The van der Waals surface area contributed by atoms with E-state index in [1.165, 1.54) is 7.11 Å². The van der Waals surface area contributed by atoms with Crippen LogP contribution >= 0.6 is 47.8 Å². The summed E-state index contributed by atoms with van der Waals surface area (Å²) in [6, 6.07) is 9.24. The Morgan fingerprint density at radius 3 is 2.35 bits per heavy atom. The lowest BCUT2D eigenvalue weighted by atomic mass is 10.2. The van der Waals surface area contributed by atoms with Gasteiger partial charge in [0.2, 0.25) is 0 Å². The molecule has 0 atom stereocenters. The normalized spacial score (nSPS) is 10.4. The molecular weight excluding hydrogens is 454 g/mol. The molecular formula is C14H12Br3NO2. The number of aromatic hydroxyl groups is 1. The number of halogens is 3. The molecule has 0 aromatic heterocycles. The van der Waals surface area contributed by atoms with Crippen LogP contribution in [0.25, 0.3) is 0 Å². The highest BCUT2D eigenvalue weighted by atomic mass is 79.9. The van der Waals surface area contributed by atoms with E-state index in [0.29, 0.717) is 12.3 Å². The second kappa shape index (κ2) is 6.83. The minimum atomic E-state index is 0.141. The summed E-state index contributed by atoms with van der Waals surface area (Å²) in [7, 11) is 1.54. The zero-order chi connectivity index (χ0) is 14.7. The molecule has 106 valence electrons. The number of anilines is 1. The molecule has 0 fully saturated rings. The summed E-state index contributed by atoms with van der Waals surface area (Å²) in [6.45, 7) is 0.621. The summed E-state index contributed by atoms with van der Waals surface area (Å²) in [5.74, 6) is 0.612. The van der Waals surface area contributed by atoms with Gasteiger partial charge >= 0.3 is 0 Å². The molecule has 0 amide bonds. The first-order valence-corrected chi connectivity index (χ1v) is 8.13. The van der Waals surface area contributed by atoms with Gasteiger partial charge in [0.15, 0.2) is 11.5 Å². The third-order valence-corrected chi connectivity index (χ3v) is 4.43. The Morgan fingerprint density at radius 2 is 1.75 bits per heavy atom. The Balaban J connectivity index is 2.17. The van der Waals surface area contributed by atoms with Gasteiger partial charge in [-0.1, -0.05) is 22.0 Å². The summed E-state index contributed by atoms with van der Waals surface area (Å²) >= 11 is 10.5. The third kappa shape index (κ3) is 3.68. The zero-order valence-electron chi connectivity index (χ0n) is 10.6. The second-order valence-electron chi connectivity index (χ2n) is 4.10. The second-order valence-corrected chi connectivity index (χ2v) is 6.73. The number of benzene rings is 2. The molecule has 3 nitrogen and oxygen atoms in total. The number of nitrogens with one attached hydrogen (secondary N) is 1. The lowest BCUT2D eigenvalue weighted by Gasteiger charge is -2.12. The van der Waals surface area contributed by atoms with Gasteiger partial charge in [0.25, 0.3) is 0 Å². The van der Waals surface area contributed by atoms with Gasteiger partial charge < -0.3 is 15.2 Å². The maximum Gasteiger partial charge on any atom is 0.160 e. The first-order valence-electron chi connectivity index (χ1n) is 5.75. The van der Waals surface area contributed by atoms with E-state index in [1.807, 2.05) is 24.3 Å². The van der Waals surface area contributed by atoms with Gasteiger partial charge in [0.05, 0.1) is 12.8 Å². The predicted octanol–water partition coefficient (Wildman–Crippen LogP) is 5.30. The van der Waals surface area contributed by atoms with Crippen LogP contribution in [-0.2, 0) is 6.54 Å². The van der Waals surface area contributed by atoms with Crippen LogP contribution in [0.15, 0.2) is 43.7 Å². The Kier molecular flexibility index (Phi) is 5.35. The van der Waals surface area contributed by atoms with E-state index in [4.69, 9.17) is 4.74 Å². The molecule has 2 aromatic rings. The van der Waals surface area contributed by atoms with Crippen molar-refractivity contribution in [1.29, 1.82) is 0 Å². The number of rotatable bonds is 4. The van der Waals surface area contributed by atoms with Gasteiger partial charge in [-0.15, -0.1) is 0 Å². The van der Waals surface area contributed by atoms with E-state index in [2.05, 4.69) is 53.1 Å². The first kappa shape index (κ1) is 15.7.